The molecule has 26 heavy (non-hydrogen) atoms. The third-order valence-corrected chi connectivity index (χ3v) is 5.10. The fourth-order valence-electron chi connectivity index (χ4n) is 2.38. The third-order valence-electron chi connectivity index (χ3n) is 3.70. The van der Waals surface area contributed by atoms with E-state index in [-0.39, 0.29) is 10.7 Å². The van der Waals surface area contributed by atoms with E-state index >= 15 is 0 Å². The molecule has 3 N–H and O–H groups in total. The first kappa shape index (κ1) is 17.8. The van der Waals surface area contributed by atoms with Crippen LogP contribution in [0.3, 0.4) is 0 Å². The molecule has 1 radical (unpaired) electrons. The summed E-state index contributed by atoms with van der Waals surface area (Å²) < 4.78 is 27.0. The molecule has 0 unspecified atom stereocenters. The zero-order chi connectivity index (χ0) is 18.6. The summed E-state index contributed by atoms with van der Waals surface area (Å²) in [5.74, 6) is -0.767. The highest BCUT2D eigenvalue weighted by Gasteiger charge is 2.16. The Labute approximate surface area is 151 Å². The number of sulfonamides is 1. The number of amides is 1. The molecule has 1 amide bonds. The standard InChI is InChI=1S/C19H16N3O3S/c20-19(15-7-2-1-3-8-15)22-18(23)13-21-26(24,25)17-11-10-14-6-4-5-9-16(14)12-17/h1-7,9-12,21H,13H2,(H2,20,22,23). The normalized spacial score (nSPS) is 11.2. The number of benzene rings is 3. The average molecular weight is 366 g/mol. The summed E-state index contributed by atoms with van der Waals surface area (Å²) in [6, 6.07) is 21.7. The summed E-state index contributed by atoms with van der Waals surface area (Å²) in [6.45, 7) is -0.468. The number of carbonyl (C=O) groups excluding carboxylic acids is 1. The molecule has 3 rings (SSSR count). The van der Waals surface area contributed by atoms with Gasteiger partial charge in [-0.25, -0.2) is 13.1 Å². The van der Waals surface area contributed by atoms with Gasteiger partial charge in [0.25, 0.3) is 0 Å². The Hall–Kier alpha value is -3.03. The molecular formula is C19H16N3O3S. The van der Waals surface area contributed by atoms with Crippen LogP contribution in [0.4, 0.5) is 0 Å². The van der Waals surface area contributed by atoms with Crippen molar-refractivity contribution < 1.29 is 13.2 Å². The van der Waals surface area contributed by atoms with Crippen LogP contribution in [0.1, 0.15) is 5.56 Å². The van der Waals surface area contributed by atoms with Crippen molar-refractivity contribution >= 4 is 32.5 Å². The van der Waals surface area contributed by atoms with Crippen molar-refractivity contribution in [3.05, 3.63) is 78.4 Å². The number of amidine groups is 1. The Balaban J connectivity index is 1.65. The highest BCUT2D eigenvalue weighted by atomic mass is 32.2. The summed E-state index contributed by atoms with van der Waals surface area (Å²) in [7, 11) is -3.84. The molecule has 0 spiro atoms. The largest absolute Gasteiger partial charge is 0.310 e. The monoisotopic (exact) mass is 366 g/mol. The second-order valence-corrected chi connectivity index (χ2v) is 7.30. The molecule has 131 valence electrons. The number of carbonyl (C=O) groups is 1. The van der Waals surface area contributed by atoms with E-state index in [1.807, 2.05) is 24.3 Å². The number of fused-ring (bicyclic) bond motifs is 1. The van der Waals surface area contributed by atoms with Gasteiger partial charge in [-0.05, 0) is 29.0 Å². The number of hydrogen-bond donors (Lipinski definition) is 3. The van der Waals surface area contributed by atoms with Crippen LogP contribution < -0.4 is 10.0 Å². The van der Waals surface area contributed by atoms with Crippen LogP contribution in [-0.4, -0.2) is 26.7 Å². The maximum absolute atomic E-state index is 12.4. The molecule has 0 saturated carbocycles. The van der Waals surface area contributed by atoms with Gasteiger partial charge >= 0.3 is 0 Å². The van der Waals surface area contributed by atoms with Gasteiger partial charge in [0, 0.05) is 5.56 Å². The third kappa shape index (κ3) is 4.14. The molecule has 0 saturated heterocycles. The second kappa shape index (κ2) is 7.47. The van der Waals surface area contributed by atoms with Crippen molar-refractivity contribution in [2.24, 2.45) is 0 Å². The van der Waals surface area contributed by atoms with E-state index in [0.29, 0.717) is 5.56 Å². The average Bonchev–Trinajstić information content (AvgIpc) is 2.67. The van der Waals surface area contributed by atoms with Crippen LogP contribution >= 0.6 is 0 Å². The molecule has 0 bridgehead atoms. The van der Waals surface area contributed by atoms with Crippen LogP contribution in [0.25, 0.3) is 10.8 Å². The van der Waals surface area contributed by atoms with E-state index in [0.717, 1.165) is 10.8 Å². The molecule has 0 atom stereocenters. The minimum Gasteiger partial charge on any atom is -0.310 e. The molecule has 3 aromatic carbocycles. The van der Waals surface area contributed by atoms with Crippen LogP contribution in [0, 0.1) is 11.5 Å². The maximum atomic E-state index is 12.4. The molecule has 0 aliphatic carbocycles. The lowest BCUT2D eigenvalue weighted by atomic mass is 10.1. The topological polar surface area (TPSA) is 99.1 Å². The van der Waals surface area contributed by atoms with E-state index in [1.165, 1.54) is 6.07 Å². The number of hydrogen-bond acceptors (Lipinski definition) is 4. The first-order chi connectivity index (χ1) is 12.5. The minimum absolute atomic E-state index is 0.0791. The van der Waals surface area contributed by atoms with E-state index in [9.17, 15) is 13.2 Å². The van der Waals surface area contributed by atoms with Gasteiger partial charge in [0.05, 0.1) is 11.4 Å². The quantitative estimate of drug-likeness (QED) is 0.476. The Morgan fingerprint density at radius 3 is 2.46 bits per heavy atom. The van der Waals surface area contributed by atoms with Crippen molar-refractivity contribution in [3.63, 3.8) is 0 Å². The lowest BCUT2D eigenvalue weighted by Crippen LogP contribution is -2.39. The van der Waals surface area contributed by atoms with Gasteiger partial charge < -0.3 is 5.32 Å². The van der Waals surface area contributed by atoms with Crippen LogP contribution in [0.15, 0.2) is 71.6 Å². The zero-order valence-corrected chi connectivity index (χ0v) is 14.5. The highest BCUT2D eigenvalue weighted by molar-refractivity contribution is 7.89. The van der Waals surface area contributed by atoms with Gasteiger partial charge in [-0.1, -0.05) is 54.6 Å². The molecule has 6 nitrogen and oxygen atoms in total. The lowest BCUT2D eigenvalue weighted by molar-refractivity contribution is -0.118. The molecule has 0 fully saturated rings. The molecule has 7 heteroatoms. The Kier molecular flexibility index (Phi) is 5.11. The van der Waals surface area contributed by atoms with Crippen LogP contribution in [0.5, 0.6) is 0 Å². The SMILES string of the molecule is N=C(NC(=O)CNS(=O)(=O)c1ccc2ccccc2c1)c1[c]cccc1. The fourth-order valence-corrected chi connectivity index (χ4v) is 3.40. The van der Waals surface area contributed by atoms with E-state index in [2.05, 4.69) is 16.1 Å². The van der Waals surface area contributed by atoms with Crippen molar-refractivity contribution in [2.75, 3.05) is 6.54 Å². The maximum Gasteiger partial charge on any atom is 0.241 e. The molecule has 3 aromatic rings. The van der Waals surface area contributed by atoms with Crippen LogP contribution in [-0.2, 0) is 14.8 Å². The summed E-state index contributed by atoms with van der Waals surface area (Å²) in [5.41, 5.74) is 0.415. The second-order valence-electron chi connectivity index (χ2n) is 5.53. The Bertz CT molecular complexity index is 1060. The first-order valence-electron chi connectivity index (χ1n) is 7.80. The van der Waals surface area contributed by atoms with Crippen molar-refractivity contribution in [1.82, 2.24) is 10.0 Å². The van der Waals surface area contributed by atoms with Gasteiger partial charge in [-0.15, -0.1) is 0 Å². The smallest absolute Gasteiger partial charge is 0.241 e. The van der Waals surface area contributed by atoms with Gasteiger partial charge in [0.15, 0.2) is 0 Å². The predicted molar refractivity (Wildman–Crippen MR) is 99.4 cm³/mol. The number of nitrogens with one attached hydrogen (secondary N) is 3. The predicted octanol–water partition coefficient (Wildman–Crippen LogP) is 2.06. The zero-order valence-electron chi connectivity index (χ0n) is 13.7. The van der Waals surface area contributed by atoms with Gasteiger partial charge in [-0.2, -0.15) is 0 Å². The summed E-state index contributed by atoms with van der Waals surface area (Å²) in [6.07, 6.45) is 0. The molecular weight excluding hydrogens is 350 g/mol. The lowest BCUT2D eigenvalue weighted by Gasteiger charge is -2.09. The van der Waals surface area contributed by atoms with Gasteiger partial charge in [-0.3, -0.25) is 10.2 Å². The van der Waals surface area contributed by atoms with E-state index < -0.39 is 22.5 Å². The van der Waals surface area contributed by atoms with Crippen LogP contribution in [0.2, 0.25) is 0 Å². The van der Waals surface area contributed by atoms with Crippen molar-refractivity contribution in [3.8, 4) is 0 Å². The Morgan fingerprint density at radius 2 is 1.73 bits per heavy atom. The van der Waals surface area contributed by atoms with Crippen molar-refractivity contribution in [1.29, 1.82) is 5.41 Å². The van der Waals surface area contributed by atoms with Gasteiger partial charge in [0.1, 0.15) is 5.84 Å². The Morgan fingerprint density at radius 1 is 1.00 bits per heavy atom. The summed E-state index contributed by atoms with van der Waals surface area (Å²) >= 11 is 0. The summed E-state index contributed by atoms with van der Waals surface area (Å²) in [5, 5.41) is 11.9. The highest BCUT2D eigenvalue weighted by Crippen LogP contribution is 2.18. The molecule has 0 aliphatic rings. The van der Waals surface area contributed by atoms with Gasteiger partial charge in [0.2, 0.25) is 15.9 Å². The van der Waals surface area contributed by atoms with E-state index in [4.69, 9.17) is 5.41 Å². The summed E-state index contributed by atoms with van der Waals surface area (Å²) in [4.78, 5) is 12.0. The molecule has 0 heterocycles. The van der Waals surface area contributed by atoms with Crippen molar-refractivity contribution in [2.45, 2.75) is 4.90 Å². The fraction of sp³-hybridized carbons (Fsp3) is 0.0526. The first-order valence-corrected chi connectivity index (χ1v) is 9.28. The number of rotatable bonds is 5. The molecule has 0 aromatic heterocycles. The minimum atomic E-state index is -3.84. The molecule has 0 aliphatic heterocycles. The van der Waals surface area contributed by atoms with E-state index in [1.54, 1.807) is 36.4 Å².